The molecular weight excluding hydrogens is 258 g/mol. The van der Waals surface area contributed by atoms with Crippen LogP contribution in [0.25, 0.3) is 10.8 Å². The highest BCUT2D eigenvalue weighted by atomic mass is 35.5. The molecule has 2 nitrogen and oxygen atoms in total. The van der Waals surface area contributed by atoms with Crippen LogP contribution in [0.15, 0.2) is 42.5 Å². The van der Waals surface area contributed by atoms with E-state index in [1.165, 1.54) is 0 Å². The minimum atomic E-state index is 0.00248. The smallest absolute Gasteiger partial charge is 0.251 e. The Hall–Kier alpha value is -1.54. The number of hydrogen-bond donors (Lipinski definition) is 1. The molecule has 0 aliphatic heterocycles. The minimum Gasteiger partial charge on any atom is -0.352 e. The summed E-state index contributed by atoms with van der Waals surface area (Å²) in [5, 5.41) is 5.07. The number of carbonyl (C=O) groups excluding carboxylic acids is 1. The first kappa shape index (κ1) is 13.9. The van der Waals surface area contributed by atoms with E-state index >= 15 is 0 Å². The van der Waals surface area contributed by atoms with Crippen LogP contribution in [0, 0.1) is 0 Å². The summed E-state index contributed by atoms with van der Waals surface area (Å²) in [6, 6.07) is 13.8. The highest BCUT2D eigenvalue weighted by Crippen LogP contribution is 2.18. The molecule has 0 atom stereocenters. The molecule has 0 saturated carbocycles. The third-order valence-electron chi connectivity index (χ3n) is 3.13. The van der Waals surface area contributed by atoms with Crippen molar-refractivity contribution in [3.8, 4) is 0 Å². The summed E-state index contributed by atoms with van der Waals surface area (Å²) in [5.41, 5.74) is 0.746. The lowest BCUT2D eigenvalue weighted by Crippen LogP contribution is -2.24. The minimum absolute atomic E-state index is 0.00248. The number of hydrogen-bond acceptors (Lipinski definition) is 1. The Kier molecular flexibility index (Phi) is 5.22. The summed E-state index contributed by atoms with van der Waals surface area (Å²) >= 11 is 5.62. The molecule has 2 aromatic carbocycles. The van der Waals surface area contributed by atoms with Gasteiger partial charge < -0.3 is 5.32 Å². The summed E-state index contributed by atoms with van der Waals surface area (Å²) in [4.78, 5) is 12.2. The van der Waals surface area contributed by atoms with Crippen LogP contribution in [0.3, 0.4) is 0 Å². The Labute approximate surface area is 118 Å². The molecule has 0 fully saturated rings. The summed E-state index contributed by atoms with van der Waals surface area (Å²) in [6.45, 7) is 0.707. The van der Waals surface area contributed by atoms with Gasteiger partial charge in [-0.25, -0.2) is 0 Å². The van der Waals surface area contributed by atoms with Crippen molar-refractivity contribution in [2.45, 2.75) is 19.3 Å². The van der Waals surface area contributed by atoms with E-state index in [1.807, 2.05) is 42.5 Å². The van der Waals surface area contributed by atoms with Gasteiger partial charge in [-0.2, -0.15) is 0 Å². The Morgan fingerprint density at radius 3 is 2.63 bits per heavy atom. The number of nitrogens with one attached hydrogen (secondary N) is 1. The van der Waals surface area contributed by atoms with E-state index in [0.717, 1.165) is 35.6 Å². The monoisotopic (exact) mass is 275 g/mol. The van der Waals surface area contributed by atoms with Crippen molar-refractivity contribution < 1.29 is 4.79 Å². The number of fused-ring (bicyclic) bond motifs is 1. The highest BCUT2D eigenvalue weighted by Gasteiger charge is 2.08. The Balaban J connectivity index is 2.01. The van der Waals surface area contributed by atoms with Crippen molar-refractivity contribution in [3.05, 3.63) is 48.0 Å². The van der Waals surface area contributed by atoms with Gasteiger partial charge in [0.15, 0.2) is 0 Å². The number of rotatable bonds is 6. The second kappa shape index (κ2) is 7.15. The lowest BCUT2D eigenvalue weighted by Gasteiger charge is -2.07. The van der Waals surface area contributed by atoms with E-state index in [2.05, 4.69) is 5.32 Å². The predicted molar refractivity (Wildman–Crippen MR) is 80.9 cm³/mol. The van der Waals surface area contributed by atoms with Crippen molar-refractivity contribution in [3.63, 3.8) is 0 Å². The van der Waals surface area contributed by atoms with Crippen LogP contribution in [0.1, 0.15) is 29.6 Å². The molecular formula is C16H18ClNO. The second-order valence-corrected chi connectivity index (χ2v) is 4.91. The van der Waals surface area contributed by atoms with Crippen molar-refractivity contribution in [1.29, 1.82) is 0 Å². The van der Waals surface area contributed by atoms with Crippen LogP contribution in [-0.4, -0.2) is 18.3 Å². The first-order chi connectivity index (χ1) is 9.33. The summed E-state index contributed by atoms with van der Waals surface area (Å²) in [7, 11) is 0. The molecule has 0 aliphatic carbocycles. The van der Waals surface area contributed by atoms with Crippen LogP contribution in [-0.2, 0) is 0 Å². The number of amides is 1. The normalized spacial score (nSPS) is 10.6. The van der Waals surface area contributed by atoms with Crippen molar-refractivity contribution in [2.75, 3.05) is 12.4 Å². The lowest BCUT2D eigenvalue weighted by molar-refractivity contribution is 0.0954. The van der Waals surface area contributed by atoms with Crippen LogP contribution in [0.2, 0.25) is 0 Å². The van der Waals surface area contributed by atoms with Crippen LogP contribution in [0.4, 0.5) is 0 Å². The standard InChI is InChI=1S/C16H18ClNO/c17-11-4-1-5-12-18-16(19)15-10-6-8-13-7-2-3-9-14(13)15/h2-3,6-10H,1,4-5,11-12H2,(H,18,19). The van der Waals surface area contributed by atoms with E-state index < -0.39 is 0 Å². The summed E-state index contributed by atoms with van der Waals surface area (Å²) < 4.78 is 0. The fourth-order valence-electron chi connectivity index (χ4n) is 2.12. The van der Waals surface area contributed by atoms with Crippen molar-refractivity contribution >= 4 is 28.3 Å². The van der Waals surface area contributed by atoms with Gasteiger partial charge in [0.25, 0.3) is 5.91 Å². The zero-order valence-electron chi connectivity index (χ0n) is 10.9. The topological polar surface area (TPSA) is 29.1 Å². The zero-order valence-corrected chi connectivity index (χ0v) is 11.6. The molecule has 0 spiro atoms. The van der Waals surface area contributed by atoms with Crippen LogP contribution < -0.4 is 5.32 Å². The molecule has 19 heavy (non-hydrogen) atoms. The van der Waals surface area contributed by atoms with E-state index in [1.54, 1.807) is 0 Å². The average Bonchev–Trinajstić information content (AvgIpc) is 2.46. The molecule has 0 unspecified atom stereocenters. The molecule has 1 N–H and O–H groups in total. The van der Waals surface area contributed by atoms with E-state index in [-0.39, 0.29) is 5.91 Å². The molecule has 0 heterocycles. The van der Waals surface area contributed by atoms with Gasteiger partial charge in [0.2, 0.25) is 0 Å². The maximum absolute atomic E-state index is 12.2. The van der Waals surface area contributed by atoms with Gasteiger partial charge in [-0.3, -0.25) is 4.79 Å². The van der Waals surface area contributed by atoms with E-state index in [9.17, 15) is 4.79 Å². The van der Waals surface area contributed by atoms with Crippen LogP contribution in [0.5, 0.6) is 0 Å². The molecule has 0 saturated heterocycles. The summed E-state index contributed by atoms with van der Waals surface area (Å²) in [6.07, 6.45) is 3.04. The Morgan fingerprint density at radius 1 is 1.00 bits per heavy atom. The number of alkyl halides is 1. The third kappa shape index (κ3) is 3.71. The average molecular weight is 276 g/mol. The van der Waals surface area contributed by atoms with Crippen molar-refractivity contribution in [2.24, 2.45) is 0 Å². The SMILES string of the molecule is O=C(NCCCCCCl)c1cccc2ccccc12. The number of halogens is 1. The van der Waals surface area contributed by atoms with Gasteiger partial charge in [-0.15, -0.1) is 11.6 Å². The van der Waals surface area contributed by atoms with Gasteiger partial charge in [0.05, 0.1) is 0 Å². The molecule has 100 valence electrons. The number of unbranched alkanes of at least 4 members (excludes halogenated alkanes) is 2. The molecule has 2 aromatic rings. The van der Waals surface area contributed by atoms with Crippen molar-refractivity contribution in [1.82, 2.24) is 5.32 Å². The predicted octanol–water partition coefficient (Wildman–Crippen LogP) is 3.98. The maximum atomic E-state index is 12.2. The lowest BCUT2D eigenvalue weighted by atomic mass is 10.0. The van der Waals surface area contributed by atoms with E-state index in [0.29, 0.717) is 12.4 Å². The van der Waals surface area contributed by atoms with Gasteiger partial charge in [-0.1, -0.05) is 42.8 Å². The van der Waals surface area contributed by atoms with Gasteiger partial charge in [0.1, 0.15) is 0 Å². The Bertz CT molecular complexity index is 548. The first-order valence-electron chi connectivity index (χ1n) is 6.65. The maximum Gasteiger partial charge on any atom is 0.251 e. The first-order valence-corrected chi connectivity index (χ1v) is 7.18. The van der Waals surface area contributed by atoms with Gasteiger partial charge >= 0.3 is 0 Å². The van der Waals surface area contributed by atoms with E-state index in [4.69, 9.17) is 11.6 Å². The Morgan fingerprint density at radius 2 is 1.79 bits per heavy atom. The number of carbonyl (C=O) groups is 1. The molecule has 0 radical (unpaired) electrons. The molecule has 3 heteroatoms. The molecule has 2 rings (SSSR count). The van der Waals surface area contributed by atoms with Crippen LogP contribution >= 0.6 is 11.6 Å². The fourth-order valence-corrected chi connectivity index (χ4v) is 2.31. The van der Waals surface area contributed by atoms with Gasteiger partial charge in [-0.05, 0) is 29.7 Å². The molecule has 0 aromatic heterocycles. The third-order valence-corrected chi connectivity index (χ3v) is 3.40. The number of benzene rings is 2. The van der Waals surface area contributed by atoms with Gasteiger partial charge in [0, 0.05) is 18.0 Å². The second-order valence-electron chi connectivity index (χ2n) is 4.53. The molecule has 1 amide bonds. The quantitative estimate of drug-likeness (QED) is 0.627. The molecule has 0 bridgehead atoms. The zero-order chi connectivity index (χ0) is 13.5. The fraction of sp³-hybridized carbons (Fsp3) is 0.312. The largest absolute Gasteiger partial charge is 0.352 e. The highest BCUT2D eigenvalue weighted by molar-refractivity contribution is 6.17. The molecule has 0 aliphatic rings. The summed E-state index contributed by atoms with van der Waals surface area (Å²) in [5.74, 6) is 0.694.